The number of fused-ring (bicyclic) bond motifs is 1. The third-order valence-corrected chi connectivity index (χ3v) is 4.77. The molecule has 1 heterocycles. The van der Waals surface area contributed by atoms with Crippen LogP contribution in [0.4, 0.5) is 10.1 Å². The molecule has 0 saturated heterocycles. The minimum Gasteiger partial charge on any atom is -0.325 e. The van der Waals surface area contributed by atoms with Gasteiger partial charge in [-0.05, 0) is 36.2 Å². The maximum Gasteiger partial charge on any atom is 0.229 e. The summed E-state index contributed by atoms with van der Waals surface area (Å²) < 4.78 is 16.5. The Balaban J connectivity index is 2.25. The van der Waals surface area contributed by atoms with Gasteiger partial charge in [-0.2, -0.15) is 0 Å². The number of carbonyl (C=O) groups is 1. The van der Waals surface area contributed by atoms with Crippen LogP contribution in [0.1, 0.15) is 51.8 Å². The Bertz CT molecular complexity index is 1060. The molecule has 4 nitrogen and oxygen atoms in total. The van der Waals surface area contributed by atoms with Crippen molar-refractivity contribution in [3.63, 3.8) is 0 Å². The molecule has 0 aliphatic carbocycles. The van der Waals surface area contributed by atoms with Crippen LogP contribution in [-0.4, -0.2) is 16.7 Å². The lowest BCUT2D eigenvalue weighted by Gasteiger charge is -2.19. The summed E-state index contributed by atoms with van der Waals surface area (Å²) in [5.74, 6) is -0.251. The van der Waals surface area contributed by atoms with E-state index in [1.165, 1.54) is 12.3 Å². The first kappa shape index (κ1) is 19.8. The molecule has 0 aliphatic heterocycles. The summed E-state index contributed by atoms with van der Waals surface area (Å²) >= 11 is 0. The van der Waals surface area contributed by atoms with Gasteiger partial charge in [0.05, 0.1) is 16.9 Å². The van der Waals surface area contributed by atoms with Gasteiger partial charge >= 0.3 is 0 Å². The van der Waals surface area contributed by atoms with E-state index in [0.29, 0.717) is 16.9 Å². The Kier molecular flexibility index (Phi) is 5.11. The fourth-order valence-electron chi connectivity index (χ4n) is 3.16. The summed E-state index contributed by atoms with van der Waals surface area (Å²) in [6.07, 6.45) is 1.21. The third kappa shape index (κ3) is 3.57. The fourth-order valence-corrected chi connectivity index (χ4v) is 3.16. The molecule has 0 atom stereocenters. The number of benzene rings is 2. The standard InChI is InChI=1S/C23H26FN3O/c1-14(2)20-11-15-10-18(26-22(28)23(3,4)5)16(13-25)12-21(15)27(20)19-9-7-6-8-17(19)24/h6-14,25H,1-5H3,(H,26,28). The number of para-hydroxylation sites is 1. The number of nitrogens with one attached hydrogen (secondary N) is 2. The smallest absolute Gasteiger partial charge is 0.229 e. The number of rotatable bonds is 4. The van der Waals surface area contributed by atoms with Crippen molar-refractivity contribution in [2.45, 2.75) is 40.5 Å². The zero-order valence-corrected chi connectivity index (χ0v) is 16.9. The molecule has 0 fully saturated rings. The Labute approximate surface area is 164 Å². The van der Waals surface area contributed by atoms with Gasteiger partial charge in [0.25, 0.3) is 0 Å². The largest absolute Gasteiger partial charge is 0.325 e. The van der Waals surface area contributed by atoms with Crippen LogP contribution in [0.2, 0.25) is 0 Å². The molecule has 0 radical (unpaired) electrons. The molecular weight excluding hydrogens is 353 g/mol. The third-order valence-electron chi connectivity index (χ3n) is 4.77. The first-order valence-electron chi connectivity index (χ1n) is 9.39. The molecule has 0 spiro atoms. The van der Waals surface area contributed by atoms with Crippen molar-refractivity contribution in [1.82, 2.24) is 4.57 Å². The normalized spacial score (nSPS) is 11.8. The van der Waals surface area contributed by atoms with E-state index in [1.807, 2.05) is 49.6 Å². The Morgan fingerprint density at radius 1 is 1.18 bits per heavy atom. The summed E-state index contributed by atoms with van der Waals surface area (Å²) in [6, 6.07) is 12.4. The van der Waals surface area contributed by atoms with E-state index in [2.05, 4.69) is 19.2 Å². The second-order valence-electron chi connectivity index (χ2n) is 8.36. The van der Waals surface area contributed by atoms with E-state index in [-0.39, 0.29) is 17.6 Å². The van der Waals surface area contributed by atoms with Crippen molar-refractivity contribution in [2.24, 2.45) is 5.41 Å². The minimum atomic E-state index is -0.545. The second kappa shape index (κ2) is 7.23. The van der Waals surface area contributed by atoms with E-state index >= 15 is 0 Å². The molecule has 0 bridgehead atoms. The molecule has 146 valence electrons. The minimum absolute atomic E-state index is 0.118. The van der Waals surface area contributed by atoms with Crippen molar-refractivity contribution in [3.8, 4) is 5.69 Å². The lowest BCUT2D eigenvalue weighted by atomic mass is 9.95. The summed E-state index contributed by atoms with van der Waals surface area (Å²) in [7, 11) is 0. The highest BCUT2D eigenvalue weighted by Gasteiger charge is 2.23. The highest BCUT2D eigenvalue weighted by molar-refractivity contribution is 6.03. The summed E-state index contributed by atoms with van der Waals surface area (Å²) in [5.41, 5.74) is 2.87. The van der Waals surface area contributed by atoms with Crippen LogP contribution in [0.5, 0.6) is 0 Å². The maximum absolute atomic E-state index is 14.6. The number of amides is 1. The van der Waals surface area contributed by atoms with Crippen molar-refractivity contribution >= 4 is 28.7 Å². The zero-order chi connectivity index (χ0) is 20.6. The molecule has 3 aromatic rings. The van der Waals surface area contributed by atoms with Gasteiger partial charge < -0.3 is 15.3 Å². The predicted octanol–water partition coefficient (Wildman–Crippen LogP) is 5.88. The van der Waals surface area contributed by atoms with Crippen molar-refractivity contribution in [2.75, 3.05) is 5.32 Å². The van der Waals surface area contributed by atoms with Gasteiger partial charge in [0.2, 0.25) is 5.91 Å². The maximum atomic E-state index is 14.6. The molecule has 1 aromatic heterocycles. The van der Waals surface area contributed by atoms with Crippen LogP contribution in [0.3, 0.4) is 0 Å². The van der Waals surface area contributed by atoms with Crippen LogP contribution in [0, 0.1) is 16.6 Å². The predicted molar refractivity (Wildman–Crippen MR) is 113 cm³/mol. The van der Waals surface area contributed by atoms with E-state index < -0.39 is 5.41 Å². The number of carbonyl (C=O) groups excluding carboxylic acids is 1. The van der Waals surface area contributed by atoms with Crippen LogP contribution < -0.4 is 5.32 Å². The summed E-state index contributed by atoms with van der Waals surface area (Å²) in [5, 5.41) is 11.6. The average Bonchev–Trinajstić information content (AvgIpc) is 2.99. The first-order valence-corrected chi connectivity index (χ1v) is 9.39. The Morgan fingerprint density at radius 3 is 2.43 bits per heavy atom. The van der Waals surface area contributed by atoms with Crippen LogP contribution in [0.25, 0.3) is 16.6 Å². The Morgan fingerprint density at radius 2 is 1.86 bits per heavy atom. The van der Waals surface area contributed by atoms with Gasteiger partial charge in [-0.15, -0.1) is 0 Å². The molecule has 28 heavy (non-hydrogen) atoms. The van der Waals surface area contributed by atoms with Gasteiger partial charge in [-0.3, -0.25) is 4.79 Å². The monoisotopic (exact) mass is 379 g/mol. The molecule has 1 amide bonds. The van der Waals surface area contributed by atoms with Gasteiger partial charge in [0, 0.05) is 28.3 Å². The number of aromatic nitrogens is 1. The molecule has 5 heteroatoms. The molecule has 3 rings (SSSR count). The topological polar surface area (TPSA) is 57.9 Å². The fraction of sp³-hybridized carbons (Fsp3) is 0.304. The highest BCUT2D eigenvalue weighted by Crippen LogP contribution is 2.33. The summed E-state index contributed by atoms with van der Waals surface area (Å²) in [4.78, 5) is 12.4. The lowest BCUT2D eigenvalue weighted by Crippen LogP contribution is -2.28. The molecule has 2 aromatic carbocycles. The molecular formula is C23H26FN3O. The quantitative estimate of drug-likeness (QED) is 0.547. The van der Waals surface area contributed by atoms with Gasteiger partial charge in [-0.1, -0.05) is 46.8 Å². The van der Waals surface area contributed by atoms with E-state index in [9.17, 15) is 9.18 Å². The zero-order valence-electron chi connectivity index (χ0n) is 16.9. The van der Waals surface area contributed by atoms with Crippen molar-refractivity contribution < 1.29 is 9.18 Å². The average molecular weight is 379 g/mol. The highest BCUT2D eigenvalue weighted by atomic mass is 19.1. The number of anilines is 1. The SMILES string of the molecule is CC(C)c1cc2cc(NC(=O)C(C)(C)C)c(C=N)cc2n1-c1ccccc1F. The first-order chi connectivity index (χ1) is 13.1. The van der Waals surface area contributed by atoms with Gasteiger partial charge in [0.1, 0.15) is 5.82 Å². The van der Waals surface area contributed by atoms with E-state index in [1.54, 1.807) is 12.1 Å². The van der Waals surface area contributed by atoms with Crippen molar-refractivity contribution in [1.29, 1.82) is 5.41 Å². The van der Waals surface area contributed by atoms with Gasteiger partial charge in [-0.25, -0.2) is 4.39 Å². The van der Waals surface area contributed by atoms with E-state index in [0.717, 1.165) is 16.6 Å². The van der Waals surface area contributed by atoms with Crippen molar-refractivity contribution in [3.05, 3.63) is 59.5 Å². The number of halogens is 1. The molecule has 0 unspecified atom stereocenters. The van der Waals surface area contributed by atoms with Crippen LogP contribution >= 0.6 is 0 Å². The number of nitrogens with zero attached hydrogens (tertiary/aromatic N) is 1. The van der Waals surface area contributed by atoms with Gasteiger partial charge in [0.15, 0.2) is 0 Å². The lowest BCUT2D eigenvalue weighted by molar-refractivity contribution is -0.123. The van der Waals surface area contributed by atoms with Crippen LogP contribution in [-0.2, 0) is 4.79 Å². The molecule has 0 aliphatic rings. The Hall–Kier alpha value is -2.95. The number of hydrogen-bond donors (Lipinski definition) is 2. The molecule has 2 N–H and O–H groups in total. The van der Waals surface area contributed by atoms with E-state index in [4.69, 9.17) is 5.41 Å². The summed E-state index contributed by atoms with van der Waals surface area (Å²) in [6.45, 7) is 9.65. The second-order valence-corrected chi connectivity index (χ2v) is 8.36. The molecule has 0 saturated carbocycles. The van der Waals surface area contributed by atoms with Crippen LogP contribution in [0.15, 0.2) is 42.5 Å². The number of hydrogen-bond acceptors (Lipinski definition) is 2.